The molecular weight excluding hydrogens is 569 g/mol. The van der Waals surface area contributed by atoms with Crippen LogP contribution >= 0.6 is 23.2 Å². The highest BCUT2D eigenvalue weighted by Gasteiger charge is 2.44. The van der Waals surface area contributed by atoms with Crippen LogP contribution in [0.4, 0.5) is 5.69 Å². The number of benzene rings is 2. The van der Waals surface area contributed by atoms with Gasteiger partial charge in [0.25, 0.3) is 5.91 Å². The summed E-state index contributed by atoms with van der Waals surface area (Å²) in [6, 6.07) is 11.4. The number of anilines is 1. The van der Waals surface area contributed by atoms with Gasteiger partial charge in [0.1, 0.15) is 12.4 Å². The topological polar surface area (TPSA) is 143 Å². The first-order valence-electron chi connectivity index (χ1n) is 12.4. The van der Waals surface area contributed by atoms with E-state index in [9.17, 15) is 19.5 Å². The maximum Gasteiger partial charge on any atom is 0.335 e. The molecule has 0 bridgehead atoms. The molecule has 0 saturated heterocycles. The number of fused-ring (bicyclic) bond motifs is 1. The Morgan fingerprint density at radius 2 is 1.83 bits per heavy atom. The van der Waals surface area contributed by atoms with Crippen LogP contribution in [0.25, 0.3) is 11.8 Å². The van der Waals surface area contributed by atoms with Crippen molar-refractivity contribution in [2.45, 2.75) is 25.3 Å². The Morgan fingerprint density at radius 3 is 2.51 bits per heavy atom. The normalized spacial score (nSPS) is 15.9. The molecule has 41 heavy (non-hydrogen) atoms. The molecule has 1 aliphatic heterocycles. The van der Waals surface area contributed by atoms with Crippen molar-refractivity contribution in [2.75, 3.05) is 11.9 Å². The van der Waals surface area contributed by atoms with E-state index in [1.54, 1.807) is 30.3 Å². The third kappa shape index (κ3) is 5.81. The van der Waals surface area contributed by atoms with Crippen LogP contribution < -0.4 is 5.32 Å². The minimum atomic E-state index is -1.08. The van der Waals surface area contributed by atoms with Crippen molar-refractivity contribution in [3.05, 3.63) is 99.6 Å². The minimum Gasteiger partial charge on any atom is -0.478 e. The predicted octanol–water partition coefficient (Wildman–Crippen LogP) is 4.58. The van der Waals surface area contributed by atoms with Gasteiger partial charge in [-0.2, -0.15) is 4.68 Å². The SMILES string of the molecule is CC1(C)CN(C(=O)/C=C/c2cc(Cl)ccc2-n2cnnn2)C(C(=O)Nc2ccc(C(=O)O)cc2)c2cc(Cl)cnc21. The van der Waals surface area contributed by atoms with Crippen molar-refractivity contribution in [2.24, 2.45) is 0 Å². The number of carboxylic acid groups (broad SMARTS) is 1. The molecule has 3 heterocycles. The van der Waals surface area contributed by atoms with Crippen LogP contribution in [0.5, 0.6) is 0 Å². The van der Waals surface area contributed by atoms with Crippen molar-refractivity contribution < 1.29 is 19.5 Å². The van der Waals surface area contributed by atoms with E-state index in [-0.39, 0.29) is 12.1 Å². The van der Waals surface area contributed by atoms with E-state index in [4.69, 9.17) is 23.2 Å². The highest BCUT2D eigenvalue weighted by molar-refractivity contribution is 6.31. The standard InChI is InChI=1S/C28H23Cl2N7O4/c1-28(2)14-36(23(38)10-5-17-11-18(29)6-9-22(17)37-15-32-34-35-37)24(21-12-19(30)13-31-25(21)28)26(39)33-20-7-3-16(4-8-20)27(40)41/h3-13,15,24H,14H2,1-2H3,(H,33,39)(H,40,41)/b10-5+. The van der Waals surface area contributed by atoms with Gasteiger partial charge in [0, 0.05) is 46.1 Å². The lowest BCUT2D eigenvalue weighted by Crippen LogP contribution is -2.51. The second-order valence-corrected chi connectivity index (χ2v) is 10.9. The molecule has 0 saturated carbocycles. The van der Waals surface area contributed by atoms with Gasteiger partial charge in [-0.15, -0.1) is 5.10 Å². The van der Waals surface area contributed by atoms with Crippen LogP contribution in [-0.4, -0.2) is 59.5 Å². The molecule has 2 amide bonds. The van der Waals surface area contributed by atoms with Crippen LogP contribution in [0.15, 0.2) is 67.1 Å². The summed E-state index contributed by atoms with van der Waals surface area (Å²) in [5.74, 6) is -2.03. The largest absolute Gasteiger partial charge is 0.478 e. The van der Waals surface area contributed by atoms with Crippen LogP contribution in [0.1, 0.15) is 47.1 Å². The number of nitrogens with one attached hydrogen (secondary N) is 1. The smallest absolute Gasteiger partial charge is 0.335 e. The van der Waals surface area contributed by atoms with Crippen LogP contribution in [0.3, 0.4) is 0 Å². The van der Waals surface area contributed by atoms with Crippen LogP contribution in [0, 0.1) is 0 Å². The van der Waals surface area contributed by atoms with Crippen LogP contribution in [-0.2, 0) is 15.0 Å². The van der Waals surface area contributed by atoms with Crippen molar-refractivity contribution in [1.82, 2.24) is 30.1 Å². The van der Waals surface area contributed by atoms with Gasteiger partial charge < -0.3 is 15.3 Å². The third-order valence-corrected chi connectivity index (χ3v) is 7.06. The maximum atomic E-state index is 13.8. The quantitative estimate of drug-likeness (QED) is 0.310. The van der Waals surface area contributed by atoms with E-state index < -0.39 is 29.2 Å². The number of tetrazole rings is 1. The van der Waals surface area contributed by atoms with Crippen molar-refractivity contribution in [1.29, 1.82) is 0 Å². The summed E-state index contributed by atoms with van der Waals surface area (Å²) in [7, 11) is 0. The third-order valence-electron chi connectivity index (χ3n) is 6.62. The average Bonchev–Trinajstić information content (AvgIpc) is 3.46. The number of carboxylic acids is 1. The zero-order chi connectivity index (χ0) is 29.3. The van der Waals surface area contributed by atoms with E-state index >= 15 is 0 Å². The molecule has 2 aromatic heterocycles. The molecule has 13 heteroatoms. The molecule has 1 atom stereocenters. The van der Waals surface area contributed by atoms with Gasteiger partial charge in [-0.1, -0.05) is 37.0 Å². The van der Waals surface area contributed by atoms with Gasteiger partial charge in [-0.25, -0.2) is 4.79 Å². The molecular formula is C28H23Cl2N7O4. The molecule has 2 N–H and O–H groups in total. The summed E-state index contributed by atoms with van der Waals surface area (Å²) >= 11 is 12.5. The minimum absolute atomic E-state index is 0.0766. The Kier molecular flexibility index (Phi) is 7.57. The molecule has 11 nitrogen and oxygen atoms in total. The second-order valence-electron chi connectivity index (χ2n) is 10.0. The first-order chi connectivity index (χ1) is 19.5. The number of amides is 2. The van der Waals surface area contributed by atoms with Gasteiger partial charge in [0.15, 0.2) is 0 Å². The van der Waals surface area contributed by atoms with E-state index in [0.29, 0.717) is 38.2 Å². The molecule has 5 rings (SSSR count). The fraction of sp³-hybridized carbons (Fsp3) is 0.179. The molecule has 208 valence electrons. The monoisotopic (exact) mass is 591 g/mol. The summed E-state index contributed by atoms with van der Waals surface area (Å²) in [6.07, 6.45) is 5.88. The van der Waals surface area contributed by atoms with Crippen molar-refractivity contribution in [3.8, 4) is 5.69 Å². The number of rotatable bonds is 6. The van der Waals surface area contributed by atoms with E-state index in [1.807, 2.05) is 13.8 Å². The summed E-state index contributed by atoms with van der Waals surface area (Å²) in [5, 5.41) is 24.0. The Bertz CT molecular complexity index is 1670. The molecule has 1 unspecified atom stereocenters. The Hall–Kier alpha value is -4.61. The summed E-state index contributed by atoms with van der Waals surface area (Å²) in [4.78, 5) is 44.7. The molecule has 2 aromatic carbocycles. The first kappa shape index (κ1) is 27.9. The number of carbonyl (C=O) groups is 3. The zero-order valence-corrected chi connectivity index (χ0v) is 23.3. The number of aromatic carboxylic acids is 1. The van der Waals surface area contributed by atoms with E-state index in [2.05, 4.69) is 25.8 Å². The van der Waals surface area contributed by atoms with Crippen molar-refractivity contribution >= 4 is 52.7 Å². The lowest BCUT2D eigenvalue weighted by molar-refractivity contribution is -0.136. The van der Waals surface area contributed by atoms with Gasteiger partial charge in [0.05, 0.1) is 22.0 Å². The Morgan fingerprint density at radius 1 is 1.07 bits per heavy atom. The Labute approximate surface area is 244 Å². The summed E-state index contributed by atoms with van der Waals surface area (Å²) < 4.78 is 1.44. The maximum absolute atomic E-state index is 13.8. The van der Waals surface area contributed by atoms with Crippen molar-refractivity contribution in [3.63, 3.8) is 0 Å². The lowest BCUT2D eigenvalue weighted by Gasteiger charge is -2.43. The second kappa shape index (κ2) is 11.1. The molecule has 4 aromatic rings. The molecule has 0 aliphatic carbocycles. The summed E-state index contributed by atoms with van der Waals surface area (Å²) in [6.45, 7) is 4.05. The lowest BCUT2D eigenvalue weighted by atomic mass is 9.78. The molecule has 1 aliphatic rings. The zero-order valence-electron chi connectivity index (χ0n) is 21.8. The number of hydrogen-bond donors (Lipinski definition) is 2. The average molecular weight is 592 g/mol. The van der Waals surface area contributed by atoms with Crippen LogP contribution in [0.2, 0.25) is 10.0 Å². The highest BCUT2D eigenvalue weighted by atomic mass is 35.5. The predicted molar refractivity (Wildman–Crippen MR) is 152 cm³/mol. The number of nitrogens with zero attached hydrogens (tertiary/aromatic N) is 6. The number of aromatic nitrogens is 5. The fourth-order valence-electron chi connectivity index (χ4n) is 4.78. The van der Waals surface area contributed by atoms with E-state index in [1.165, 1.54) is 52.4 Å². The van der Waals surface area contributed by atoms with Gasteiger partial charge in [-0.05, 0) is 65.0 Å². The fourth-order valence-corrected chi connectivity index (χ4v) is 5.13. The number of hydrogen-bond acceptors (Lipinski definition) is 7. The van der Waals surface area contributed by atoms with Gasteiger partial charge >= 0.3 is 5.97 Å². The summed E-state index contributed by atoms with van der Waals surface area (Å²) in [5.41, 5.74) is 2.17. The van der Waals surface area contributed by atoms with Gasteiger partial charge in [0.2, 0.25) is 5.91 Å². The number of pyridine rings is 1. The Balaban J connectivity index is 1.51. The number of carbonyl (C=O) groups excluding carboxylic acids is 2. The molecule has 0 spiro atoms. The van der Waals surface area contributed by atoms with Gasteiger partial charge in [-0.3, -0.25) is 14.6 Å². The molecule has 0 fully saturated rings. The highest BCUT2D eigenvalue weighted by Crippen LogP contribution is 2.40. The van der Waals surface area contributed by atoms with E-state index in [0.717, 1.165) is 0 Å². The first-order valence-corrected chi connectivity index (χ1v) is 13.1. The molecule has 0 radical (unpaired) electrons. The number of halogens is 2.